The number of hydrogen-bond donors (Lipinski definition) is 1. The molecular weight excluding hydrogens is 565 g/mol. The van der Waals surface area contributed by atoms with Crippen LogP contribution in [0.3, 0.4) is 0 Å². The Morgan fingerprint density at radius 3 is 2.05 bits per heavy atom. The van der Waals surface area contributed by atoms with Crippen LogP contribution in [0.5, 0.6) is 0 Å². The second-order valence-electron chi connectivity index (χ2n) is 9.23. The van der Waals surface area contributed by atoms with Crippen molar-refractivity contribution in [2.75, 3.05) is 17.9 Å². The molecular formula is C31H29ClFN3O4S. The maximum Gasteiger partial charge on any atom is 0.264 e. The molecule has 7 nitrogen and oxygen atoms in total. The van der Waals surface area contributed by atoms with Crippen molar-refractivity contribution in [2.24, 2.45) is 0 Å². The molecule has 0 saturated carbocycles. The zero-order valence-corrected chi connectivity index (χ0v) is 23.9. The van der Waals surface area contributed by atoms with E-state index in [1.54, 1.807) is 24.3 Å². The summed E-state index contributed by atoms with van der Waals surface area (Å²) < 4.78 is 43.4. The van der Waals surface area contributed by atoms with Crippen molar-refractivity contribution in [1.82, 2.24) is 10.2 Å². The van der Waals surface area contributed by atoms with Gasteiger partial charge in [-0.2, -0.15) is 0 Å². The largest absolute Gasteiger partial charge is 0.357 e. The molecule has 0 spiro atoms. The molecule has 2 amide bonds. The third kappa shape index (κ3) is 7.31. The number of carbonyl (C=O) groups is 2. The van der Waals surface area contributed by atoms with Crippen LogP contribution >= 0.6 is 11.6 Å². The summed E-state index contributed by atoms with van der Waals surface area (Å²) in [6, 6.07) is 27.8. The van der Waals surface area contributed by atoms with E-state index in [9.17, 15) is 22.4 Å². The fourth-order valence-corrected chi connectivity index (χ4v) is 5.95. The van der Waals surface area contributed by atoms with Crippen LogP contribution in [0.1, 0.15) is 11.1 Å². The van der Waals surface area contributed by atoms with Crippen LogP contribution in [0.25, 0.3) is 0 Å². The van der Waals surface area contributed by atoms with Gasteiger partial charge < -0.3 is 10.2 Å². The van der Waals surface area contributed by atoms with E-state index in [2.05, 4.69) is 5.32 Å². The number of carbonyl (C=O) groups excluding carboxylic acids is 2. The molecule has 0 aliphatic heterocycles. The highest BCUT2D eigenvalue weighted by molar-refractivity contribution is 7.92. The second kappa shape index (κ2) is 13.4. The van der Waals surface area contributed by atoms with E-state index in [1.165, 1.54) is 66.5 Å². The number of rotatable bonds is 11. The zero-order valence-electron chi connectivity index (χ0n) is 22.3. The van der Waals surface area contributed by atoms with Gasteiger partial charge in [0.1, 0.15) is 18.4 Å². The van der Waals surface area contributed by atoms with Crippen LogP contribution in [0, 0.1) is 5.82 Å². The van der Waals surface area contributed by atoms with Gasteiger partial charge in [0.15, 0.2) is 0 Å². The summed E-state index contributed by atoms with van der Waals surface area (Å²) in [5.74, 6) is -1.71. The van der Waals surface area contributed by atoms with Gasteiger partial charge in [0.05, 0.1) is 10.6 Å². The van der Waals surface area contributed by atoms with Crippen LogP contribution in [-0.4, -0.2) is 44.8 Å². The summed E-state index contributed by atoms with van der Waals surface area (Å²) in [5.41, 5.74) is 1.17. The molecule has 10 heteroatoms. The standard InChI is InChI=1S/C31H29ClFN3O4S/c1-34-31(38)29(20-23-10-4-2-5-11-23)35(21-24-12-8-9-15-28(24)33)30(37)22-36(26-18-16-25(32)17-19-26)41(39,40)27-13-6-3-7-14-27/h2-19,29H,20-22H2,1H3,(H,34,38)/t29-/m0/s1. The van der Waals surface area contributed by atoms with Gasteiger partial charge in [0.2, 0.25) is 11.8 Å². The number of nitrogens with one attached hydrogen (secondary N) is 1. The maximum atomic E-state index is 14.8. The van der Waals surface area contributed by atoms with Crippen molar-refractivity contribution in [3.05, 3.63) is 131 Å². The number of anilines is 1. The van der Waals surface area contributed by atoms with E-state index in [4.69, 9.17) is 11.6 Å². The highest BCUT2D eigenvalue weighted by atomic mass is 35.5. The number of sulfonamides is 1. The first-order valence-electron chi connectivity index (χ1n) is 12.8. The van der Waals surface area contributed by atoms with E-state index < -0.39 is 40.2 Å². The van der Waals surface area contributed by atoms with Gasteiger partial charge in [-0.1, -0.05) is 78.3 Å². The zero-order chi connectivity index (χ0) is 29.4. The molecule has 0 heterocycles. The van der Waals surface area contributed by atoms with E-state index in [0.29, 0.717) is 5.02 Å². The molecule has 1 atom stereocenters. The summed E-state index contributed by atoms with van der Waals surface area (Å²) in [6.45, 7) is -0.897. The van der Waals surface area contributed by atoms with Crippen molar-refractivity contribution in [3.63, 3.8) is 0 Å². The number of likely N-dealkylation sites (N-methyl/N-ethyl adjacent to an activating group) is 1. The Balaban J connectivity index is 1.78. The Labute approximate surface area is 244 Å². The Morgan fingerprint density at radius 2 is 1.44 bits per heavy atom. The molecule has 0 aliphatic rings. The average molecular weight is 594 g/mol. The maximum absolute atomic E-state index is 14.8. The first-order chi connectivity index (χ1) is 19.7. The minimum absolute atomic E-state index is 0.0180. The lowest BCUT2D eigenvalue weighted by atomic mass is 10.0. The summed E-state index contributed by atoms with van der Waals surface area (Å²) in [5, 5.41) is 2.98. The van der Waals surface area contributed by atoms with E-state index in [1.807, 2.05) is 30.3 Å². The van der Waals surface area contributed by atoms with Crippen LogP contribution in [0.4, 0.5) is 10.1 Å². The van der Waals surface area contributed by atoms with Gasteiger partial charge in [0, 0.05) is 30.6 Å². The molecule has 4 aromatic carbocycles. The number of benzene rings is 4. The predicted octanol–water partition coefficient (Wildman–Crippen LogP) is 5.06. The highest BCUT2D eigenvalue weighted by Crippen LogP contribution is 2.26. The quantitative estimate of drug-likeness (QED) is 0.263. The van der Waals surface area contributed by atoms with Crippen LogP contribution in [0.15, 0.2) is 114 Å². The topological polar surface area (TPSA) is 86.8 Å². The SMILES string of the molecule is CNC(=O)[C@H](Cc1ccccc1)N(Cc1ccccc1F)C(=O)CN(c1ccc(Cl)cc1)S(=O)(=O)c1ccccc1. The molecule has 0 aliphatic carbocycles. The predicted molar refractivity (Wildman–Crippen MR) is 157 cm³/mol. The van der Waals surface area contributed by atoms with Crippen molar-refractivity contribution in [3.8, 4) is 0 Å². The van der Waals surface area contributed by atoms with Gasteiger partial charge >= 0.3 is 0 Å². The van der Waals surface area contributed by atoms with Crippen LogP contribution < -0.4 is 9.62 Å². The number of amides is 2. The third-order valence-electron chi connectivity index (χ3n) is 6.54. The molecule has 0 unspecified atom stereocenters. The minimum atomic E-state index is -4.22. The minimum Gasteiger partial charge on any atom is -0.357 e. The fourth-order valence-electron chi connectivity index (χ4n) is 4.39. The van der Waals surface area contributed by atoms with Crippen LogP contribution in [-0.2, 0) is 32.6 Å². The van der Waals surface area contributed by atoms with Gasteiger partial charge in [-0.3, -0.25) is 13.9 Å². The van der Waals surface area contributed by atoms with Crippen molar-refractivity contribution >= 4 is 39.1 Å². The molecule has 0 saturated heterocycles. The Morgan fingerprint density at radius 1 is 0.854 bits per heavy atom. The summed E-state index contributed by atoms with van der Waals surface area (Å²) in [7, 11) is -2.77. The Bertz CT molecular complexity index is 1590. The van der Waals surface area contributed by atoms with Gasteiger partial charge in [-0.15, -0.1) is 0 Å². The Kier molecular flexibility index (Phi) is 9.75. The number of halogens is 2. The summed E-state index contributed by atoms with van der Waals surface area (Å²) >= 11 is 6.06. The van der Waals surface area contributed by atoms with Crippen molar-refractivity contribution < 1.29 is 22.4 Å². The smallest absolute Gasteiger partial charge is 0.264 e. The summed E-state index contributed by atoms with van der Waals surface area (Å²) in [6.07, 6.45) is 0.132. The van der Waals surface area contributed by atoms with Crippen LogP contribution in [0.2, 0.25) is 5.02 Å². The second-order valence-corrected chi connectivity index (χ2v) is 11.5. The molecule has 0 aromatic heterocycles. The van der Waals surface area contributed by atoms with Crippen molar-refractivity contribution in [2.45, 2.75) is 23.9 Å². The lowest BCUT2D eigenvalue weighted by Crippen LogP contribution is -2.53. The normalized spacial score (nSPS) is 11.9. The van der Waals surface area contributed by atoms with E-state index in [0.717, 1.165) is 9.87 Å². The molecule has 212 valence electrons. The lowest BCUT2D eigenvalue weighted by molar-refractivity contribution is -0.139. The number of nitrogens with zero attached hydrogens (tertiary/aromatic N) is 2. The molecule has 1 N–H and O–H groups in total. The van der Waals surface area contributed by atoms with Gasteiger partial charge in [-0.25, -0.2) is 12.8 Å². The average Bonchev–Trinajstić information content (AvgIpc) is 2.99. The lowest BCUT2D eigenvalue weighted by Gasteiger charge is -2.33. The third-order valence-corrected chi connectivity index (χ3v) is 8.58. The first-order valence-corrected chi connectivity index (χ1v) is 14.6. The first kappa shape index (κ1) is 29.8. The molecule has 41 heavy (non-hydrogen) atoms. The van der Waals surface area contributed by atoms with Crippen molar-refractivity contribution in [1.29, 1.82) is 0 Å². The number of hydrogen-bond acceptors (Lipinski definition) is 4. The highest BCUT2D eigenvalue weighted by Gasteiger charge is 2.34. The molecule has 0 bridgehead atoms. The van der Waals surface area contributed by atoms with Gasteiger partial charge in [0.25, 0.3) is 10.0 Å². The summed E-state index contributed by atoms with van der Waals surface area (Å²) in [4.78, 5) is 28.5. The van der Waals surface area contributed by atoms with E-state index >= 15 is 0 Å². The monoisotopic (exact) mass is 593 g/mol. The molecule has 4 aromatic rings. The van der Waals surface area contributed by atoms with E-state index in [-0.39, 0.29) is 29.1 Å². The van der Waals surface area contributed by atoms with Gasteiger partial charge in [-0.05, 0) is 48.0 Å². The Hall–Kier alpha value is -4.21. The molecule has 0 fully saturated rings. The fraction of sp³-hybridized carbons (Fsp3) is 0.161. The molecule has 0 radical (unpaired) electrons. The molecule has 4 rings (SSSR count).